The Morgan fingerprint density at radius 3 is 2.96 bits per heavy atom. The summed E-state index contributed by atoms with van der Waals surface area (Å²) in [7, 11) is 0. The lowest BCUT2D eigenvalue weighted by Gasteiger charge is -2.31. The highest BCUT2D eigenvalue weighted by molar-refractivity contribution is 5.91. The fraction of sp³-hybridized carbons (Fsp3) is 0.412. The first-order chi connectivity index (χ1) is 11.7. The molecule has 3 heterocycles. The maximum atomic E-state index is 12.0. The number of nitrogens with one attached hydrogen (secondary N) is 1. The third-order valence-corrected chi connectivity index (χ3v) is 4.03. The van der Waals surface area contributed by atoms with Gasteiger partial charge < -0.3 is 15.0 Å². The highest BCUT2D eigenvalue weighted by atomic mass is 16.5. The SMILES string of the molecule is CC1CCN(c2cc(NC(=O)COc3cccnc3)ncn2)CC1. The van der Waals surface area contributed by atoms with Gasteiger partial charge in [0.25, 0.3) is 5.91 Å². The first kappa shape index (κ1) is 16.2. The maximum absolute atomic E-state index is 12.0. The van der Waals surface area contributed by atoms with Gasteiger partial charge >= 0.3 is 0 Å². The van der Waals surface area contributed by atoms with Gasteiger partial charge in [0.15, 0.2) is 6.61 Å². The molecule has 24 heavy (non-hydrogen) atoms. The lowest BCUT2D eigenvalue weighted by atomic mass is 9.99. The average Bonchev–Trinajstić information content (AvgIpc) is 2.62. The standard InChI is InChI=1S/C17H21N5O2/c1-13-4-7-22(8-5-13)16-9-15(19-12-20-16)21-17(23)11-24-14-3-2-6-18-10-14/h2-3,6,9-10,12-13H,4-5,7-8,11H2,1H3,(H,19,20,21,23). The number of aromatic nitrogens is 3. The van der Waals surface area contributed by atoms with Gasteiger partial charge in [0, 0.05) is 25.4 Å². The number of carbonyl (C=O) groups excluding carboxylic acids is 1. The van der Waals surface area contributed by atoms with Crippen molar-refractivity contribution in [3.05, 3.63) is 36.9 Å². The minimum atomic E-state index is -0.268. The molecule has 1 amide bonds. The largest absolute Gasteiger partial charge is 0.482 e. The van der Waals surface area contributed by atoms with Crippen LogP contribution in [0.4, 0.5) is 11.6 Å². The second kappa shape index (κ2) is 7.72. The second-order valence-corrected chi connectivity index (χ2v) is 5.96. The zero-order valence-corrected chi connectivity index (χ0v) is 13.7. The summed E-state index contributed by atoms with van der Waals surface area (Å²) in [6.45, 7) is 4.14. The van der Waals surface area contributed by atoms with E-state index >= 15 is 0 Å². The van der Waals surface area contributed by atoms with Crippen molar-refractivity contribution >= 4 is 17.5 Å². The zero-order valence-electron chi connectivity index (χ0n) is 13.7. The van der Waals surface area contributed by atoms with Crippen LogP contribution in [-0.4, -0.2) is 40.6 Å². The van der Waals surface area contributed by atoms with E-state index in [0.29, 0.717) is 11.6 Å². The predicted octanol–water partition coefficient (Wildman–Crippen LogP) is 2.13. The summed E-state index contributed by atoms with van der Waals surface area (Å²) in [4.78, 5) is 26.6. The topological polar surface area (TPSA) is 80.2 Å². The molecule has 0 aromatic carbocycles. The van der Waals surface area contributed by atoms with Crippen molar-refractivity contribution in [2.45, 2.75) is 19.8 Å². The Kier molecular flexibility index (Phi) is 5.20. The molecule has 0 radical (unpaired) electrons. The quantitative estimate of drug-likeness (QED) is 0.906. The predicted molar refractivity (Wildman–Crippen MR) is 91.0 cm³/mol. The van der Waals surface area contributed by atoms with Gasteiger partial charge in [-0.3, -0.25) is 9.78 Å². The van der Waals surface area contributed by atoms with Gasteiger partial charge in [0.1, 0.15) is 23.7 Å². The molecule has 2 aromatic rings. The molecule has 0 aliphatic carbocycles. The van der Waals surface area contributed by atoms with Crippen LogP contribution in [0.1, 0.15) is 19.8 Å². The molecule has 0 unspecified atom stereocenters. The number of rotatable bonds is 5. The molecule has 7 nitrogen and oxygen atoms in total. The lowest BCUT2D eigenvalue weighted by molar-refractivity contribution is -0.118. The average molecular weight is 327 g/mol. The minimum absolute atomic E-state index is 0.0910. The molecule has 1 saturated heterocycles. The molecule has 1 aliphatic heterocycles. The van der Waals surface area contributed by atoms with E-state index in [4.69, 9.17) is 4.74 Å². The lowest BCUT2D eigenvalue weighted by Crippen LogP contribution is -2.33. The molecule has 3 rings (SSSR count). The number of ether oxygens (including phenoxy) is 1. The van der Waals surface area contributed by atoms with E-state index < -0.39 is 0 Å². The number of carbonyl (C=O) groups is 1. The van der Waals surface area contributed by atoms with Crippen molar-refractivity contribution in [3.63, 3.8) is 0 Å². The first-order valence-corrected chi connectivity index (χ1v) is 8.10. The van der Waals surface area contributed by atoms with Crippen LogP contribution >= 0.6 is 0 Å². The van der Waals surface area contributed by atoms with Gasteiger partial charge in [-0.1, -0.05) is 6.92 Å². The van der Waals surface area contributed by atoms with E-state index in [9.17, 15) is 4.79 Å². The Hall–Kier alpha value is -2.70. The third-order valence-electron chi connectivity index (χ3n) is 4.03. The summed E-state index contributed by atoms with van der Waals surface area (Å²) >= 11 is 0. The minimum Gasteiger partial charge on any atom is -0.482 e. The fourth-order valence-electron chi connectivity index (χ4n) is 2.59. The van der Waals surface area contributed by atoms with Crippen molar-refractivity contribution < 1.29 is 9.53 Å². The second-order valence-electron chi connectivity index (χ2n) is 5.96. The van der Waals surface area contributed by atoms with Crippen LogP contribution in [0.5, 0.6) is 5.75 Å². The molecular formula is C17H21N5O2. The summed E-state index contributed by atoms with van der Waals surface area (Å²) in [6, 6.07) is 5.31. The van der Waals surface area contributed by atoms with Gasteiger partial charge in [0.2, 0.25) is 0 Å². The normalized spacial score (nSPS) is 15.1. The highest BCUT2D eigenvalue weighted by Crippen LogP contribution is 2.22. The Balaban J connectivity index is 1.55. The summed E-state index contributed by atoms with van der Waals surface area (Å²) in [5.41, 5.74) is 0. The number of anilines is 2. The monoisotopic (exact) mass is 327 g/mol. The molecule has 0 spiro atoms. The van der Waals surface area contributed by atoms with Crippen molar-refractivity contribution in [3.8, 4) is 5.75 Å². The Labute approximate surface area is 141 Å². The molecule has 1 N–H and O–H groups in total. The van der Waals surface area contributed by atoms with Crippen molar-refractivity contribution in [2.24, 2.45) is 5.92 Å². The van der Waals surface area contributed by atoms with Crippen LogP contribution in [0.2, 0.25) is 0 Å². The highest BCUT2D eigenvalue weighted by Gasteiger charge is 2.17. The van der Waals surface area contributed by atoms with E-state index in [1.165, 1.54) is 6.33 Å². The molecule has 126 valence electrons. The molecule has 1 fully saturated rings. The smallest absolute Gasteiger partial charge is 0.263 e. The van der Waals surface area contributed by atoms with E-state index in [2.05, 4.69) is 32.1 Å². The van der Waals surface area contributed by atoms with Crippen LogP contribution in [-0.2, 0) is 4.79 Å². The molecule has 0 saturated carbocycles. The zero-order chi connectivity index (χ0) is 16.8. The molecule has 0 atom stereocenters. The number of hydrogen-bond donors (Lipinski definition) is 1. The van der Waals surface area contributed by atoms with Crippen LogP contribution < -0.4 is 15.0 Å². The van der Waals surface area contributed by atoms with Gasteiger partial charge in [-0.25, -0.2) is 9.97 Å². The Morgan fingerprint density at radius 2 is 2.21 bits per heavy atom. The van der Waals surface area contributed by atoms with Gasteiger partial charge in [0.05, 0.1) is 6.20 Å². The van der Waals surface area contributed by atoms with Gasteiger partial charge in [-0.05, 0) is 30.9 Å². The number of pyridine rings is 1. The fourth-order valence-corrected chi connectivity index (χ4v) is 2.59. The summed E-state index contributed by atoms with van der Waals surface area (Å²) < 4.78 is 5.37. The summed E-state index contributed by atoms with van der Waals surface area (Å²) in [5, 5.41) is 2.74. The first-order valence-electron chi connectivity index (χ1n) is 8.10. The summed E-state index contributed by atoms with van der Waals surface area (Å²) in [6.07, 6.45) is 7.00. The van der Waals surface area contributed by atoms with Crippen LogP contribution in [0.25, 0.3) is 0 Å². The molecule has 0 bridgehead atoms. The molecule has 1 aliphatic rings. The van der Waals surface area contributed by atoms with E-state index in [1.54, 1.807) is 30.6 Å². The number of hydrogen-bond acceptors (Lipinski definition) is 6. The number of piperidine rings is 1. The van der Waals surface area contributed by atoms with E-state index in [0.717, 1.165) is 37.7 Å². The van der Waals surface area contributed by atoms with Crippen LogP contribution in [0, 0.1) is 5.92 Å². The van der Waals surface area contributed by atoms with Crippen molar-refractivity contribution in [1.82, 2.24) is 15.0 Å². The molecule has 2 aromatic heterocycles. The van der Waals surface area contributed by atoms with Gasteiger partial charge in [-0.15, -0.1) is 0 Å². The summed E-state index contributed by atoms with van der Waals surface area (Å²) in [5.74, 6) is 2.37. The van der Waals surface area contributed by atoms with Gasteiger partial charge in [-0.2, -0.15) is 0 Å². The molecular weight excluding hydrogens is 306 g/mol. The molecule has 7 heteroatoms. The van der Waals surface area contributed by atoms with E-state index in [-0.39, 0.29) is 12.5 Å². The Bertz CT molecular complexity index is 672. The Morgan fingerprint density at radius 1 is 1.38 bits per heavy atom. The number of amides is 1. The maximum Gasteiger partial charge on any atom is 0.263 e. The third kappa shape index (κ3) is 4.41. The van der Waals surface area contributed by atoms with Crippen molar-refractivity contribution in [1.29, 1.82) is 0 Å². The number of nitrogens with zero attached hydrogens (tertiary/aromatic N) is 4. The van der Waals surface area contributed by atoms with Crippen LogP contribution in [0.15, 0.2) is 36.9 Å². The van der Waals surface area contributed by atoms with Crippen molar-refractivity contribution in [2.75, 3.05) is 29.9 Å². The van der Waals surface area contributed by atoms with Crippen LogP contribution in [0.3, 0.4) is 0 Å². The van der Waals surface area contributed by atoms with E-state index in [1.807, 2.05) is 0 Å².